The minimum Gasteiger partial charge on any atom is -0.487 e. The fourth-order valence-electron chi connectivity index (χ4n) is 6.58. The summed E-state index contributed by atoms with van der Waals surface area (Å²) in [5, 5.41) is 14.7. The average molecular weight is 504 g/mol. The fraction of sp³-hybridized carbons (Fsp3) is 0.516. The molecule has 4 nitrogen and oxygen atoms in total. The number of fused-ring (bicyclic) bond motifs is 3. The first-order valence-corrected chi connectivity index (χ1v) is 14.4. The molecule has 0 radical (unpaired) electrons. The quantitative estimate of drug-likeness (QED) is 0.366. The number of hydrogen-bond donors (Lipinski definition) is 1. The maximum Gasteiger partial charge on any atom is 0.131 e. The lowest BCUT2D eigenvalue weighted by Crippen LogP contribution is -2.52. The zero-order valence-corrected chi connectivity index (χ0v) is 22.1. The molecule has 0 unspecified atom stereocenters. The highest BCUT2D eigenvalue weighted by Gasteiger charge is 2.51. The van der Waals surface area contributed by atoms with Crippen molar-refractivity contribution >= 4 is 11.3 Å². The molecule has 6 rings (SSSR count). The number of aliphatic hydroxyl groups is 1. The lowest BCUT2D eigenvalue weighted by Gasteiger charge is -2.53. The number of aryl methyl sites for hydroxylation is 2. The molecule has 1 N–H and O–H groups in total. The first-order valence-electron chi connectivity index (χ1n) is 13.5. The summed E-state index contributed by atoms with van der Waals surface area (Å²) in [5.74, 6) is 2.10. The highest BCUT2D eigenvalue weighted by molar-refractivity contribution is 7.09. The van der Waals surface area contributed by atoms with Gasteiger partial charge in [0.1, 0.15) is 12.4 Å². The Labute approximate surface area is 218 Å². The summed E-state index contributed by atoms with van der Waals surface area (Å²) in [7, 11) is 0. The summed E-state index contributed by atoms with van der Waals surface area (Å²) >= 11 is 1.66. The van der Waals surface area contributed by atoms with Gasteiger partial charge in [0.05, 0.1) is 22.9 Å². The lowest BCUT2D eigenvalue weighted by molar-refractivity contribution is -0.102. The molecule has 5 heteroatoms. The molecule has 2 saturated carbocycles. The molecule has 190 valence electrons. The number of nitrogens with zero attached hydrogens (tertiary/aromatic N) is 1. The topological polar surface area (TPSA) is 51.6 Å². The minimum absolute atomic E-state index is 0.0439. The Morgan fingerprint density at radius 3 is 2.72 bits per heavy atom. The van der Waals surface area contributed by atoms with Crippen LogP contribution in [0, 0.1) is 18.8 Å². The van der Waals surface area contributed by atoms with E-state index in [1.54, 1.807) is 11.3 Å². The van der Waals surface area contributed by atoms with Crippen LogP contribution in [-0.2, 0) is 29.6 Å². The van der Waals surface area contributed by atoms with Gasteiger partial charge in [-0.2, -0.15) is 0 Å². The van der Waals surface area contributed by atoms with E-state index in [1.807, 2.05) is 6.92 Å². The van der Waals surface area contributed by atoms with Crippen molar-refractivity contribution in [3.63, 3.8) is 0 Å². The molecule has 3 aromatic rings. The van der Waals surface area contributed by atoms with Gasteiger partial charge in [0, 0.05) is 17.4 Å². The van der Waals surface area contributed by atoms with Crippen LogP contribution in [0.2, 0.25) is 0 Å². The number of thiazole rings is 1. The predicted molar refractivity (Wildman–Crippen MR) is 144 cm³/mol. The normalized spacial score (nSPS) is 27.3. The van der Waals surface area contributed by atoms with E-state index >= 15 is 0 Å². The Bertz CT molecular complexity index is 1190. The van der Waals surface area contributed by atoms with Crippen molar-refractivity contribution in [1.82, 2.24) is 4.98 Å². The van der Waals surface area contributed by atoms with Gasteiger partial charge < -0.3 is 14.6 Å². The number of aromatic nitrogens is 1. The Hall–Kier alpha value is -2.21. The standard InChI is InChI=1S/C31H37NO3S/c1-22-32-27(20-36-22)19-35-28-11-12-29-25(15-28)9-10-26-17-30(33,21-34-18-24-7-8-24)13-14-31(26,29)16-23-5-3-2-4-6-23/h2-6,11-12,15,20,24,26,33H,7-10,13-14,16-19,21H2,1H3/t26-,30-,31+/m1/s1. The predicted octanol–water partition coefficient (Wildman–Crippen LogP) is 6.42. The number of rotatable bonds is 9. The Kier molecular flexibility index (Phi) is 6.65. The van der Waals surface area contributed by atoms with Crippen molar-refractivity contribution in [3.8, 4) is 5.75 Å². The van der Waals surface area contributed by atoms with Crippen LogP contribution in [0.1, 0.15) is 65.9 Å². The zero-order chi connectivity index (χ0) is 24.6. The summed E-state index contributed by atoms with van der Waals surface area (Å²) in [6, 6.07) is 17.6. The molecule has 1 heterocycles. The molecule has 0 amide bonds. The van der Waals surface area contributed by atoms with E-state index in [2.05, 4.69) is 58.9 Å². The van der Waals surface area contributed by atoms with Gasteiger partial charge in [-0.25, -0.2) is 4.98 Å². The van der Waals surface area contributed by atoms with E-state index in [1.165, 1.54) is 29.5 Å². The first kappa shape index (κ1) is 24.1. The van der Waals surface area contributed by atoms with Crippen LogP contribution in [0.15, 0.2) is 53.9 Å². The van der Waals surface area contributed by atoms with Crippen LogP contribution in [-0.4, -0.2) is 28.9 Å². The highest BCUT2D eigenvalue weighted by atomic mass is 32.1. The van der Waals surface area contributed by atoms with E-state index in [0.717, 1.165) is 67.5 Å². The molecular formula is C31H37NO3S. The number of ether oxygens (including phenoxy) is 2. The third-order valence-electron chi connectivity index (χ3n) is 8.66. The van der Waals surface area contributed by atoms with E-state index in [4.69, 9.17) is 9.47 Å². The summed E-state index contributed by atoms with van der Waals surface area (Å²) in [5.41, 5.74) is 4.58. The van der Waals surface area contributed by atoms with Gasteiger partial charge >= 0.3 is 0 Å². The van der Waals surface area contributed by atoms with Crippen molar-refractivity contribution in [2.75, 3.05) is 13.2 Å². The second kappa shape index (κ2) is 9.92. The molecule has 36 heavy (non-hydrogen) atoms. The van der Waals surface area contributed by atoms with Crippen LogP contribution in [0.3, 0.4) is 0 Å². The minimum atomic E-state index is -0.702. The largest absolute Gasteiger partial charge is 0.487 e. The SMILES string of the molecule is Cc1nc(COc2ccc3c(c2)CC[C@@H]2C[C@@](O)(COCC4CC4)CC[C@@]32Cc2ccccc2)cs1. The maximum absolute atomic E-state index is 11.5. The molecule has 0 saturated heterocycles. The van der Waals surface area contributed by atoms with Crippen LogP contribution in [0.4, 0.5) is 0 Å². The highest BCUT2D eigenvalue weighted by Crippen LogP contribution is 2.54. The lowest BCUT2D eigenvalue weighted by atomic mass is 9.52. The van der Waals surface area contributed by atoms with Crippen molar-refractivity contribution in [2.24, 2.45) is 11.8 Å². The Morgan fingerprint density at radius 2 is 1.94 bits per heavy atom. The summed E-state index contributed by atoms with van der Waals surface area (Å²) in [6.45, 7) is 3.83. The third-order valence-corrected chi connectivity index (χ3v) is 9.48. The van der Waals surface area contributed by atoms with Crippen LogP contribution < -0.4 is 4.74 Å². The fourth-order valence-corrected chi connectivity index (χ4v) is 7.18. The smallest absolute Gasteiger partial charge is 0.131 e. The van der Waals surface area contributed by atoms with Gasteiger partial charge in [-0.1, -0.05) is 36.4 Å². The van der Waals surface area contributed by atoms with Gasteiger partial charge in [-0.15, -0.1) is 11.3 Å². The summed E-state index contributed by atoms with van der Waals surface area (Å²) in [6.07, 6.45) is 8.32. The van der Waals surface area contributed by atoms with Gasteiger partial charge in [-0.05, 0) is 98.9 Å². The van der Waals surface area contributed by atoms with Gasteiger partial charge in [0.25, 0.3) is 0 Å². The Balaban J connectivity index is 1.25. The van der Waals surface area contributed by atoms with Crippen molar-refractivity contribution in [2.45, 2.75) is 75.9 Å². The van der Waals surface area contributed by atoms with E-state index in [0.29, 0.717) is 19.1 Å². The second-order valence-electron chi connectivity index (χ2n) is 11.4. The molecule has 3 aliphatic rings. The summed E-state index contributed by atoms with van der Waals surface area (Å²) < 4.78 is 12.2. The van der Waals surface area contributed by atoms with Crippen LogP contribution >= 0.6 is 11.3 Å². The van der Waals surface area contributed by atoms with Gasteiger partial charge in [0.15, 0.2) is 0 Å². The second-order valence-corrected chi connectivity index (χ2v) is 12.5. The number of benzene rings is 2. The molecule has 0 bridgehead atoms. The molecule has 0 spiro atoms. The van der Waals surface area contributed by atoms with E-state index in [-0.39, 0.29) is 5.41 Å². The number of hydrogen-bond acceptors (Lipinski definition) is 5. The monoisotopic (exact) mass is 503 g/mol. The van der Waals surface area contributed by atoms with E-state index < -0.39 is 5.60 Å². The molecule has 2 fully saturated rings. The van der Waals surface area contributed by atoms with Gasteiger partial charge in [0.2, 0.25) is 0 Å². The molecular weight excluding hydrogens is 466 g/mol. The molecule has 0 aliphatic heterocycles. The summed E-state index contributed by atoms with van der Waals surface area (Å²) in [4.78, 5) is 4.53. The van der Waals surface area contributed by atoms with Gasteiger partial charge in [-0.3, -0.25) is 0 Å². The van der Waals surface area contributed by atoms with Crippen molar-refractivity contribution < 1.29 is 14.6 Å². The van der Waals surface area contributed by atoms with Crippen molar-refractivity contribution in [3.05, 3.63) is 81.3 Å². The van der Waals surface area contributed by atoms with E-state index in [9.17, 15) is 5.11 Å². The average Bonchev–Trinajstić information content (AvgIpc) is 3.62. The van der Waals surface area contributed by atoms with Crippen LogP contribution in [0.5, 0.6) is 5.75 Å². The first-order chi connectivity index (χ1) is 17.5. The molecule has 3 aliphatic carbocycles. The zero-order valence-electron chi connectivity index (χ0n) is 21.2. The third kappa shape index (κ3) is 5.11. The van der Waals surface area contributed by atoms with Crippen LogP contribution in [0.25, 0.3) is 0 Å². The molecule has 2 aromatic carbocycles. The maximum atomic E-state index is 11.5. The Morgan fingerprint density at radius 1 is 1.08 bits per heavy atom. The van der Waals surface area contributed by atoms with Crippen molar-refractivity contribution in [1.29, 1.82) is 0 Å². The molecule has 1 aromatic heterocycles. The molecule has 3 atom stereocenters.